The lowest BCUT2D eigenvalue weighted by atomic mass is 9.97. The fourth-order valence-corrected chi connectivity index (χ4v) is 3.00. The number of hydrogen-bond donors (Lipinski definition) is 1. The van der Waals surface area contributed by atoms with Crippen LogP contribution < -0.4 is 5.32 Å². The molecule has 1 heterocycles. The molecule has 1 aromatic carbocycles. The molecule has 0 unspecified atom stereocenters. The number of nitrogens with one attached hydrogen (secondary N) is 1. The first-order valence-corrected chi connectivity index (χ1v) is 7.40. The van der Waals surface area contributed by atoms with Gasteiger partial charge in [-0.05, 0) is 50.3 Å². The highest BCUT2D eigenvalue weighted by Crippen LogP contribution is 2.30. The molecule has 1 N–H and O–H groups in total. The van der Waals surface area contributed by atoms with Gasteiger partial charge in [-0.1, -0.05) is 30.3 Å². The third-order valence-electron chi connectivity index (χ3n) is 4.24. The maximum absolute atomic E-state index is 3.46. The Balaban J connectivity index is 1.58. The van der Waals surface area contributed by atoms with E-state index < -0.39 is 0 Å². The van der Waals surface area contributed by atoms with Gasteiger partial charge < -0.3 is 5.32 Å². The maximum atomic E-state index is 3.46. The molecule has 98 valence electrons. The van der Waals surface area contributed by atoms with Crippen LogP contribution in [0.15, 0.2) is 30.3 Å². The third kappa shape index (κ3) is 3.33. The molecule has 1 saturated heterocycles. The minimum absolute atomic E-state index is 0.875. The lowest BCUT2D eigenvalue weighted by molar-refractivity contribution is 0.190. The third-order valence-corrected chi connectivity index (χ3v) is 4.24. The molecule has 1 aliphatic carbocycles. The van der Waals surface area contributed by atoms with Crippen LogP contribution in [0, 0.1) is 5.92 Å². The van der Waals surface area contributed by atoms with Crippen molar-refractivity contribution in [1.29, 1.82) is 0 Å². The summed E-state index contributed by atoms with van der Waals surface area (Å²) in [6.45, 7) is 4.89. The number of rotatable bonds is 5. The van der Waals surface area contributed by atoms with Crippen molar-refractivity contribution in [3.8, 4) is 0 Å². The first kappa shape index (κ1) is 12.2. The normalized spacial score (nSPS) is 21.4. The molecule has 2 fully saturated rings. The van der Waals surface area contributed by atoms with Gasteiger partial charge in [-0.2, -0.15) is 0 Å². The fourth-order valence-electron chi connectivity index (χ4n) is 3.00. The largest absolute Gasteiger partial charge is 0.317 e. The Morgan fingerprint density at radius 2 is 1.72 bits per heavy atom. The Kier molecular flexibility index (Phi) is 3.96. The van der Waals surface area contributed by atoms with Crippen molar-refractivity contribution in [2.24, 2.45) is 5.92 Å². The Morgan fingerprint density at radius 3 is 2.39 bits per heavy atom. The van der Waals surface area contributed by atoms with Gasteiger partial charge in [-0.15, -0.1) is 0 Å². The average Bonchev–Trinajstić information content (AvgIpc) is 3.25. The van der Waals surface area contributed by atoms with Crippen LogP contribution in [0.5, 0.6) is 0 Å². The monoisotopic (exact) mass is 244 g/mol. The minimum Gasteiger partial charge on any atom is -0.317 e. The van der Waals surface area contributed by atoms with E-state index >= 15 is 0 Å². The Bertz CT molecular complexity index is 353. The van der Waals surface area contributed by atoms with Crippen molar-refractivity contribution in [3.05, 3.63) is 35.9 Å². The molecule has 2 heteroatoms. The van der Waals surface area contributed by atoms with E-state index in [0.29, 0.717) is 0 Å². The quantitative estimate of drug-likeness (QED) is 0.856. The molecule has 18 heavy (non-hydrogen) atoms. The van der Waals surface area contributed by atoms with Crippen molar-refractivity contribution in [2.75, 3.05) is 19.6 Å². The van der Waals surface area contributed by atoms with Gasteiger partial charge in [0.15, 0.2) is 0 Å². The van der Waals surface area contributed by atoms with E-state index in [2.05, 4.69) is 40.5 Å². The predicted molar refractivity (Wildman–Crippen MR) is 75.5 cm³/mol. The van der Waals surface area contributed by atoms with E-state index in [9.17, 15) is 0 Å². The Labute approximate surface area is 110 Å². The van der Waals surface area contributed by atoms with E-state index in [1.165, 1.54) is 50.9 Å². The summed E-state index contributed by atoms with van der Waals surface area (Å²) in [5.74, 6) is 0.913. The topological polar surface area (TPSA) is 15.3 Å². The first-order valence-electron chi connectivity index (χ1n) is 7.40. The van der Waals surface area contributed by atoms with Crippen LogP contribution in [0.25, 0.3) is 0 Å². The first-order chi connectivity index (χ1) is 8.92. The second kappa shape index (κ2) is 5.85. The maximum Gasteiger partial charge on any atom is 0.0236 e. The highest BCUT2D eigenvalue weighted by Gasteiger charge is 2.30. The molecule has 0 aromatic heterocycles. The van der Waals surface area contributed by atoms with Crippen LogP contribution in [-0.4, -0.2) is 30.6 Å². The minimum atomic E-state index is 0.875. The molecule has 1 aromatic rings. The SMILES string of the molecule is c1ccc(CN(CC2CCNCC2)C2CC2)cc1. The van der Waals surface area contributed by atoms with E-state index in [1.54, 1.807) is 0 Å². The summed E-state index contributed by atoms with van der Waals surface area (Å²) in [7, 11) is 0. The van der Waals surface area contributed by atoms with E-state index in [-0.39, 0.29) is 0 Å². The molecule has 2 nitrogen and oxygen atoms in total. The zero-order valence-corrected chi connectivity index (χ0v) is 11.1. The van der Waals surface area contributed by atoms with Crippen LogP contribution in [0.4, 0.5) is 0 Å². The van der Waals surface area contributed by atoms with Crippen molar-refractivity contribution in [2.45, 2.75) is 38.3 Å². The predicted octanol–water partition coefficient (Wildman–Crippen LogP) is 2.65. The second-order valence-electron chi connectivity index (χ2n) is 5.84. The summed E-state index contributed by atoms with van der Waals surface area (Å²) in [6, 6.07) is 11.8. The summed E-state index contributed by atoms with van der Waals surface area (Å²) in [4.78, 5) is 2.73. The van der Waals surface area contributed by atoms with Crippen LogP contribution in [0.1, 0.15) is 31.2 Å². The molecular weight excluding hydrogens is 220 g/mol. The van der Waals surface area contributed by atoms with Crippen LogP contribution in [0.3, 0.4) is 0 Å². The van der Waals surface area contributed by atoms with Gasteiger partial charge in [0.2, 0.25) is 0 Å². The molecule has 0 atom stereocenters. The van der Waals surface area contributed by atoms with Gasteiger partial charge in [-0.25, -0.2) is 0 Å². The van der Waals surface area contributed by atoms with Gasteiger partial charge >= 0.3 is 0 Å². The summed E-state index contributed by atoms with van der Waals surface area (Å²) in [5, 5.41) is 3.46. The Morgan fingerprint density at radius 1 is 1.00 bits per heavy atom. The van der Waals surface area contributed by atoms with E-state index in [4.69, 9.17) is 0 Å². The standard InChI is InChI=1S/C16H24N2/c1-2-4-14(5-3-1)12-18(16-6-7-16)13-15-8-10-17-11-9-15/h1-5,15-17H,6-13H2. The number of benzene rings is 1. The zero-order chi connectivity index (χ0) is 12.2. The summed E-state index contributed by atoms with van der Waals surface area (Å²) in [5.41, 5.74) is 1.47. The summed E-state index contributed by atoms with van der Waals surface area (Å²) < 4.78 is 0. The number of hydrogen-bond acceptors (Lipinski definition) is 2. The van der Waals surface area contributed by atoms with E-state index in [0.717, 1.165) is 18.5 Å². The van der Waals surface area contributed by atoms with Crippen LogP contribution >= 0.6 is 0 Å². The molecule has 2 aliphatic rings. The van der Waals surface area contributed by atoms with Crippen molar-refractivity contribution in [3.63, 3.8) is 0 Å². The molecule has 1 aliphatic heterocycles. The molecule has 3 rings (SSSR count). The van der Waals surface area contributed by atoms with E-state index in [1.807, 2.05) is 0 Å². The number of piperidine rings is 1. The zero-order valence-electron chi connectivity index (χ0n) is 11.1. The lowest BCUT2D eigenvalue weighted by Gasteiger charge is -2.30. The van der Waals surface area contributed by atoms with Crippen molar-refractivity contribution < 1.29 is 0 Å². The molecule has 0 amide bonds. The van der Waals surface area contributed by atoms with Crippen molar-refractivity contribution in [1.82, 2.24) is 10.2 Å². The molecule has 0 radical (unpaired) electrons. The van der Waals surface area contributed by atoms with Gasteiger partial charge in [0.25, 0.3) is 0 Å². The van der Waals surface area contributed by atoms with Gasteiger partial charge in [0.1, 0.15) is 0 Å². The molecular formula is C16H24N2. The van der Waals surface area contributed by atoms with Gasteiger partial charge in [0, 0.05) is 19.1 Å². The molecule has 1 saturated carbocycles. The highest BCUT2D eigenvalue weighted by molar-refractivity contribution is 5.15. The summed E-state index contributed by atoms with van der Waals surface area (Å²) in [6.07, 6.45) is 5.55. The van der Waals surface area contributed by atoms with Crippen LogP contribution in [-0.2, 0) is 6.54 Å². The van der Waals surface area contributed by atoms with Gasteiger partial charge in [0.05, 0.1) is 0 Å². The molecule has 0 bridgehead atoms. The average molecular weight is 244 g/mol. The smallest absolute Gasteiger partial charge is 0.0236 e. The molecule has 0 spiro atoms. The fraction of sp³-hybridized carbons (Fsp3) is 0.625. The van der Waals surface area contributed by atoms with Crippen molar-refractivity contribution >= 4 is 0 Å². The van der Waals surface area contributed by atoms with Crippen LogP contribution in [0.2, 0.25) is 0 Å². The summed E-state index contributed by atoms with van der Waals surface area (Å²) >= 11 is 0. The Hall–Kier alpha value is -0.860. The number of nitrogens with zero attached hydrogens (tertiary/aromatic N) is 1. The lowest BCUT2D eigenvalue weighted by Crippen LogP contribution is -2.37. The highest BCUT2D eigenvalue weighted by atomic mass is 15.2. The second-order valence-corrected chi connectivity index (χ2v) is 5.84. The van der Waals surface area contributed by atoms with Gasteiger partial charge in [-0.3, -0.25) is 4.90 Å².